The van der Waals surface area contributed by atoms with Crippen LogP contribution in [-0.2, 0) is 21.2 Å². The van der Waals surface area contributed by atoms with Gasteiger partial charge in [-0.2, -0.15) is 0 Å². The minimum atomic E-state index is -3.75. The van der Waals surface area contributed by atoms with E-state index in [4.69, 9.17) is 25.8 Å². The SMILES string of the molecule is COc1cccc(OC)c1-n1c(NS(=O)(=O)CCc2ccc(Cl)cc2)nnc1[C@@H]1CCCO1. The number of hydrogen-bond acceptors (Lipinski definition) is 7. The van der Waals surface area contributed by atoms with E-state index in [-0.39, 0.29) is 17.8 Å². The van der Waals surface area contributed by atoms with Crippen LogP contribution in [-0.4, -0.2) is 49.8 Å². The summed E-state index contributed by atoms with van der Waals surface area (Å²) in [5.41, 5.74) is 1.35. The average Bonchev–Trinajstić information content (AvgIpc) is 3.48. The fourth-order valence-electron chi connectivity index (χ4n) is 3.72. The van der Waals surface area contributed by atoms with Crippen LogP contribution in [0.3, 0.4) is 0 Å². The van der Waals surface area contributed by atoms with Gasteiger partial charge in [-0.3, -0.25) is 9.29 Å². The maximum Gasteiger partial charge on any atom is 0.243 e. The standard InChI is InChI=1S/C22H25ClN4O5S/c1-30-17-5-3-6-18(31-2)20(17)27-21(19-7-4-13-32-19)24-25-22(27)26-33(28,29)14-12-15-8-10-16(23)11-9-15/h3,5-6,8-11,19H,4,7,12-14H2,1-2H3,(H,25,26)/t19-/m0/s1. The number of rotatable bonds is 9. The summed E-state index contributed by atoms with van der Waals surface area (Å²) in [7, 11) is -0.687. The number of aryl methyl sites for hydroxylation is 1. The van der Waals surface area contributed by atoms with E-state index < -0.39 is 10.0 Å². The Morgan fingerprint density at radius 1 is 1.12 bits per heavy atom. The highest BCUT2D eigenvalue weighted by Gasteiger charge is 2.30. The normalized spacial score (nSPS) is 16.0. The van der Waals surface area contributed by atoms with Crippen LogP contribution in [0, 0.1) is 0 Å². The minimum absolute atomic E-state index is 0.0411. The molecule has 33 heavy (non-hydrogen) atoms. The van der Waals surface area contributed by atoms with Gasteiger partial charge in [-0.25, -0.2) is 8.42 Å². The Balaban J connectivity index is 1.70. The number of nitrogens with zero attached hydrogens (tertiary/aromatic N) is 3. The van der Waals surface area contributed by atoms with Crippen molar-refractivity contribution in [2.24, 2.45) is 0 Å². The molecule has 1 aliphatic heterocycles. The van der Waals surface area contributed by atoms with Gasteiger partial charge in [0, 0.05) is 11.6 Å². The third-order valence-corrected chi connectivity index (χ3v) is 6.84. The predicted molar refractivity (Wildman–Crippen MR) is 125 cm³/mol. The third-order valence-electron chi connectivity index (χ3n) is 5.35. The van der Waals surface area contributed by atoms with Crippen LogP contribution in [0.4, 0.5) is 5.95 Å². The van der Waals surface area contributed by atoms with Crippen LogP contribution in [0.5, 0.6) is 11.5 Å². The van der Waals surface area contributed by atoms with Gasteiger partial charge in [-0.1, -0.05) is 29.8 Å². The Morgan fingerprint density at radius 3 is 2.42 bits per heavy atom. The molecule has 0 amide bonds. The molecular formula is C22H25ClN4O5S. The Bertz CT molecular complexity index is 1190. The minimum Gasteiger partial charge on any atom is -0.494 e. The smallest absolute Gasteiger partial charge is 0.243 e. The molecule has 0 saturated carbocycles. The van der Waals surface area contributed by atoms with Gasteiger partial charge < -0.3 is 14.2 Å². The monoisotopic (exact) mass is 492 g/mol. The lowest BCUT2D eigenvalue weighted by atomic mass is 10.2. The molecule has 11 heteroatoms. The predicted octanol–water partition coefficient (Wildman–Crippen LogP) is 3.77. The fourth-order valence-corrected chi connectivity index (χ4v) is 4.86. The van der Waals surface area contributed by atoms with E-state index >= 15 is 0 Å². The largest absolute Gasteiger partial charge is 0.494 e. The number of hydrogen-bond donors (Lipinski definition) is 1. The van der Waals surface area contributed by atoms with Crippen molar-refractivity contribution in [2.45, 2.75) is 25.4 Å². The maximum absolute atomic E-state index is 13.0. The molecule has 1 aliphatic rings. The number of para-hydroxylation sites is 1. The van der Waals surface area contributed by atoms with Gasteiger partial charge in [0.15, 0.2) is 5.82 Å². The molecule has 0 bridgehead atoms. The van der Waals surface area contributed by atoms with Crippen molar-refractivity contribution in [3.05, 3.63) is 58.9 Å². The van der Waals surface area contributed by atoms with E-state index in [1.165, 1.54) is 14.2 Å². The second kappa shape index (κ2) is 9.98. The third kappa shape index (κ3) is 5.23. The average molecular weight is 493 g/mol. The van der Waals surface area contributed by atoms with Gasteiger partial charge in [0.1, 0.15) is 23.3 Å². The molecule has 4 rings (SSSR count). The number of benzene rings is 2. The van der Waals surface area contributed by atoms with Crippen LogP contribution in [0.1, 0.15) is 30.3 Å². The molecule has 1 atom stereocenters. The van der Waals surface area contributed by atoms with Crippen LogP contribution in [0.2, 0.25) is 5.02 Å². The molecule has 0 radical (unpaired) electrons. The molecule has 0 spiro atoms. The Kier molecular flexibility index (Phi) is 7.06. The first-order chi connectivity index (χ1) is 15.9. The summed E-state index contributed by atoms with van der Waals surface area (Å²) >= 11 is 5.91. The van der Waals surface area contributed by atoms with E-state index in [0.717, 1.165) is 18.4 Å². The van der Waals surface area contributed by atoms with Gasteiger partial charge >= 0.3 is 0 Å². The summed E-state index contributed by atoms with van der Waals surface area (Å²) in [6.45, 7) is 0.600. The second-order valence-corrected chi connectivity index (χ2v) is 9.81. The molecule has 1 saturated heterocycles. The number of halogens is 1. The van der Waals surface area contributed by atoms with Crippen LogP contribution in [0.15, 0.2) is 42.5 Å². The molecule has 1 aromatic heterocycles. The highest BCUT2D eigenvalue weighted by atomic mass is 35.5. The van der Waals surface area contributed by atoms with Crippen molar-refractivity contribution in [1.29, 1.82) is 0 Å². The summed E-state index contributed by atoms with van der Waals surface area (Å²) < 4.78 is 47.0. The number of sulfonamides is 1. The Labute approximate surface area is 197 Å². The molecule has 2 aromatic carbocycles. The van der Waals surface area contributed by atoms with Crippen molar-refractivity contribution in [1.82, 2.24) is 14.8 Å². The topological polar surface area (TPSA) is 105 Å². The second-order valence-electron chi connectivity index (χ2n) is 7.53. The molecule has 176 valence electrons. The van der Waals surface area contributed by atoms with Gasteiger partial charge in [0.05, 0.1) is 20.0 Å². The molecule has 0 unspecified atom stereocenters. The summed E-state index contributed by atoms with van der Waals surface area (Å²) in [6, 6.07) is 12.4. The van der Waals surface area contributed by atoms with Gasteiger partial charge in [-0.15, -0.1) is 10.2 Å². The molecule has 0 aliphatic carbocycles. The van der Waals surface area contributed by atoms with Crippen LogP contribution in [0.25, 0.3) is 5.69 Å². The summed E-state index contributed by atoms with van der Waals surface area (Å²) in [5, 5.41) is 9.02. The van der Waals surface area contributed by atoms with E-state index in [1.54, 1.807) is 47.0 Å². The van der Waals surface area contributed by atoms with E-state index in [9.17, 15) is 8.42 Å². The molecule has 9 nitrogen and oxygen atoms in total. The molecule has 1 N–H and O–H groups in total. The molecule has 2 heterocycles. The zero-order chi connectivity index (χ0) is 23.4. The fraction of sp³-hybridized carbons (Fsp3) is 0.364. The summed E-state index contributed by atoms with van der Waals surface area (Å²) in [4.78, 5) is 0. The van der Waals surface area contributed by atoms with Crippen molar-refractivity contribution in [3.8, 4) is 17.2 Å². The first-order valence-electron chi connectivity index (χ1n) is 10.4. The number of nitrogens with one attached hydrogen (secondary N) is 1. The number of ether oxygens (including phenoxy) is 3. The highest BCUT2D eigenvalue weighted by molar-refractivity contribution is 7.92. The van der Waals surface area contributed by atoms with E-state index in [2.05, 4.69) is 14.9 Å². The van der Waals surface area contributed by atoms with Gasteiger partial charge in [0.2, 0.25) is 16.0 Å². The lowest BCUT2D eigenvalue weighted by molar-refractivity contribution is 0.103. The summed E-state index contributed by atoms with van der Waals surface area (Å²) in [5.74, 6) is 1.34. The molecular weight excluding hydrogens is 468 g/mol. The van der Waals surface area contributed by atoms with Gasteiger partial charge in [0.25, 0.3) is 0 Å². The summed E-state index contributed by atoms with van der Waals surface area (Å²) in [6.07, 6.45) is 1.62. The van der Waals surface area contributed by atoms with E-state index in [1.807, 2.05) is 0 Å². The zero-order valence-corrected chi connectivity index (χ0v) is 19.9. The van der Waals surface area contributed by atoms with Crippen LogP contribution < -0.4 is 14.2 Å². The highest BCUT2D eigenvalue weighted by Crippen LogP contribution is 2.38. The van der Waals surface area contributed by atoms with E-state index in [0.29, 0.717) is 41.1 Å². The van der Waals surface area contributed by atoms with Crippen molar-refractivity contribution in [3.63, 3.8) is 0 Å². The Hall–Kier alpha value is -2.82. The Morgan fingerprint density at radius 2 is 1.82 bits per heavy atom. The number of aromatic nitrogens is 3. The lowest BCUT2D eigenvalue weighted by Gasteiger charge is -2.19. The number of methoxy groups -OCH3 is 2. The number of anilines is 1. The van der Waals surface area contributed by atoms with Crippen molar-refractivity contribution in [2.75, 3.05) is 31.3 Å². The lowest BCUT2D eigenvalue weighted by Crippen LogP contribution is -2.21. The zero-order valence-electron chi connectivity index (χ0n) is 18.3. The van der Waals surface area contributed by atoms with Crippen molar-refractivity contribution < 1.29 is 22.6 Å². The first-order valence-corrected chi connectivity index (χ1v) is 12.5. The first kappa shape index (κ1) is 23.3. The maximum atomic E-state index is 13.0. The molecule has 3 aromatic rings. The van der Waals surface area contributed by atoms with Crippen LogP contribution >= 0.6 is 11.6 Å². The molecule has 1 fully saturated rings. The quantitative estimate of drug-likeness (QED) is 0.484. The van der Waals surface area contributed by atoms with Gasteiger partial charge in [-0.05, 0) is 49.1 Å². The van der Waals surface area contributed by atoms with Crippen molar-refractivity contribution >= 4 is 27.6 Å².